The van der Waals surface area contributed by atoms with Crippen molar-refractivity contribution in [2.24, 2.45) is 4.99 Å². The van der Waals surface area contributed by atoms with Crippen molar-refractivity contribution in [3.8, 4) is 11.6 Å². The van der Waals surface area contributed by atoms with Crippen molar-refractivity contribution in [2.75, 3.05) is 4.72 Å². The minimum Gasteiger partial charge on any atom is -0.493 e. The summed E-state index contributed by atoms with van der Waals surface area (Å²) < 4.78 is 30.2. The van der Waals surface area contributed by atoms with Crippen LogP contribution in [0.1, 0.15) is 16.7 Å². The second kappa shape index (κ2) is 10.6. The molecule has 1 heterocycles. The third-order valence-corrected chi connectivity index (χ3v) is 8.47. The summed E-state index contributed by atoms with van der Waals surface area (Å²) in [5.74, 6) is -0.583. The lowest BCUT2D eigenvalue weighted by Crippen LogP contribution is -2.31. The van der Waals surface area contributed by atoms with Crippen molar-refractivity contribution in [3.05, 3.63) is 121 Å². The molecule has 5 aromatic rings. The van der Waals surface area contributed by atoms with E-state index in [0.717, 1.165) is 32.7 Å². The predicted molar refractivity (Wildman–Crippen MR) is 160 cm³/mol. The van der Waals surface area contributed by atoms with Crippen molar-refractivity contribution in [2.45, 2.75) is 18.7 Å². The van der Waals surface area contributed by atoms with Gasteiger partial charge in [-0.1, -0.05) is 36.4 Å². The topological polar surface area (TPSA) is 134 Å². The molecule has 0 amide bonds. The van der Waals surface area contributed by atoms with Crippen molar-refractivity contribution in [3.63, 3.8) is 0 Å². The third-order valence-electron chi connectivity index (χ3n) is 6.45. The Hall–Kier alpha value is -4.48. The van der Waals surface area contributed by atoms with Crippen molar-refractivity contribution in [1.82, 2.24) is 9.55 Å². The zero-order chi connectivity index (χ0) is 28.6. The summed E-state index contributed by atoms with van der Waals surface area (Å²) in [7, 11) is -3.89. The molecule has 3 N–H and O–H groups in total. The Labute approximate surface area is 237 Å². The van der Waals surface area contributed by atoms with Gasteiger partial charge < -0.3 is 5.11 Å². The molecule has 0 radical (unpaired) electrons. The average molecular weight is 619 g/mol. The number of benzene rings is 4. The second-order valence-electron chi connectivity index (χ2n) is 9.10. The maximum atomic E-state index is 13.0. The standard InChI is InChI=1S/C29H23BrN4O5S/c1-17-14-24(30)26(15-18(17)2)34-28(36)23(27(35)32-29(34)37)16-31-20-10-12-21(13-11-20)40(38,39)33-25-9-5-7-19-6-3-4-8-22(19)25/h3-16,33,36H,1-2H3,(H,32,35,37). The van der Waals surface area contributed by atoms with Crippen LogP contribution in [0.25, 0.3) is 16.5 Å². The number of nitrogens with zero attached hydrogens (tertiary/aromatic N) is 2. The van der Waals surface area contributed by atoms with Gasteiger partial charge in [0.15, 0.2) is 0 Å². The van der Waals surface area contributed by atoms with Gasteiger partial charge in [-0.3, -0.25) is 19.5 Å². The molecule has 11 heteroatoms. The number of rotatable bonds is 6. The van der Waals surface area contributed by atoms with Gasteiger partial charge in [0.2, 0.25) is 5.88 Å². The van der Waals surface area contributed by atoms with Crippen LogP contribution >= 0.6 is 15.9 Å². The highest BCUT2D eigenvalue weighted by Crippen LogP contribution is 2.28. The van der Waals surface area contributed by atoms with Crippen LogP contribution in [0.4, 0.5) is 11.4 Å². The van der Waals surface area contributed by atoms with E-state index in [9.17, 15) is 23.1 Å². The fourth-order valence-corrected chi connectivity index (χ4v) is 5.90. The molecule has 0 bridgehead atoms. The van der Waals surface area contributed by atoms with Crippen LogP contribution in [0.3, 0.4) is 0 Å². The first kappa shape index (κ1) is 27.1. The quantitative estimate of drug-likeness (QED) is 0.222. The molecule has 0 spiro atoms. The molecule has 0 aliphatic rings. The summed E-state index contributed by atoms with van der Waals surface area (Å²) in [6, 6.07) is 22.0. The number of nitrogens with one attached hydrogen (secondary N) is 2. The van der Waals surface area contributed by atoms with Gasteiger partial charge >= 0.3 is 5.69 Å². The molecule has 4 aromatic carbocycles. The second-order valence-corrected chi connectivity index (χ2v) is 11.6. The van der Waals surface area contributed by atoms with Crippen LogP contribution in [-0.4, -0.2) is 29.3 Å². The van der Waals surface area contributed by atoms with Gasteiger partial charge in [-0.25, -0.2) is 17.8 Å². The monoisotopic (exact) mass is 618 g/mol. The van der Waals surface area contributed by atoms with Gasteiger partial charge in [-0.05, 0) is 88.8 Å². The number of H-pyrrole nitrogens is 1. The first-order valence-electron chi connectivity index (χ1n) is 12.1. The van der Waals surface area contributed by atoms with Crippen LogP contribution in [0, 0.1) is 13.8 Å². The Kier molecular flexibility index (Phi) is 7.17. The number of aromatic amines is 1. The lowest BCUT2D eigenvalue weighted by Gasteiger charge is -2.13. The van der Waals surface area contributed by atoms with E-state index in [1.807, 2.05) is 44.2 Å². The molecule has 0 saturated carbocycles. The molecule has 0 aliphatic heterocycles. The molecule has 0 unspecified atom stereocenters. The molecular formula is C29H23BrN4O5S. The molecule has 202 valence electrons. The lowest BCUT2D eigenvalue weighted by atomic mass is 10.1. The molecule has 0 fully saturated rings. The van der Waals surface area contributed by atoms with Crippen LogP contribution < -0.4 is 16.0 Å². The van der Waals surface area contributed by atoms with Crippen LogP contribution in [0.2, 0.25) is 0 Å². The lowest BCUT2D eigenvalue weighted by molar-refractivity contribution is 0.430. The minimum absolute atomic E-state index is 0.0215. The van der Waals surface area contributed by atoms with Crippen LogP contribution in [0.15, 0.2) is 103 Å². The molecule has 1 aromatic heterocycles. The minimum atomic E-state index is -3.89. The highest BCUT2D eigenvalue weighted by Gasteiger charge is 2.18. The van der Waals surface area contributed by atoms with Gasteiger partial charge in [0.05, 0.1) is 22.0 Å². The predicted octanol–water partition coefficient (Wildman–Crippen LogP) is 5.32. The first-order valence-corrected chi connectivity index (χ1v) is 14.3. The van der Waals surface area contributed by atoms with Gasteiger partial charge in [-0.15, -0.1) is 0 Å². The molecule has 0 aliphatic carbocycles. The number of anilines is 1. The summed E-state index contributed by atoms with van der Waals surface area (Å²) in [6.45, 7) is 3.77. The maximum absolute atomic E-state index is 13.0. The fourth-order valence-electron chi connectivity index (χ4n) is 4.18. The van der Waals surface area contributed by atoms with E-state index in [2.05, 4.69) is 30.6 Å². The number of halogens is 1. The van der Waals surface area contributed by atoms with Crippen molar-refractivity contribution >= 4 is 54.3 Å². The Morgan fingerprint density at radius 3 is 2.38 bits per heavy atom. The number of hydrogen-bond donors (Lipinski definition) is 3. The molecule has 5 rings (SSSR count). The van der Waals surface area contributed by atoms with E-state index in [0.29, 0.717) is 21.5 Å². The van der Waals surface area contributed by atoms with E-state index >= 15 is 0 Å². The van der Waals surface area contributed by atoms with Crippen molar-refractivity contribution in [1.29, 1.82) is 0 Å². The molecule has 40 heavy (non-hydrogen) atoms. The first-order chi connectivity index (χ1) is 19.0. The Morgan fingerprint density at radius 2 is 1.62 bits per heavy atom. The van der Waals surface area contributed by atoms with Crippen molar-refractivity contribution < 1.29 is 13.5 Å². The number of fused-ring (bicyclic) bond motifs is 1. The number of hydrogen-bond acceptors (Lipinski definition) is 6. The van der Waals surface area contributed by atoms with Gasteiger partial charge in [-0.2, -0.15) is 0 Å². The van der Waals surface area contributed by atoms with E-state index < -0.39 is 27.2 Å². The van der Waals surface area contributed by atoms with Crippen LogP contribution in [-0.2, 0) is 10.0 Å². The number of aromatic nitrogens is 2. The average Bonchev–Trinajstić information content (AvgIpc) is 2.91. The van der Waals surface area contributed by atoms with E-state index in [4.69, 9.17) is 0 Å². The molecule has 0 atom stereocenters. The number of sulfonamides is 1. The number of aromatic hydroxyl groups is 1. The van der Waals surface area contributed by atoms with E-state index in [1.165, 1.54) is 24.3 Å². The third kappa shape index (κ3) is 5.21. The van der Waals surface area contributed by atoms with E-state index in [1.54, 1.807) is 24.3 Å². The maximum Gasteiger partial charge on any atom is 0.335 e. The Bertz CT molecular complexity index is 2030. The fraction of sp³-hybridized carbons (Fsp3) is 0.0690. The summed E-state index contributed by atoms with van der Waals surface area (Å²) in [5.41, 5.74) is 1.14. The Morgan fingerprint density at radius 1 is 0.950 bits per heavy atom. The zero-order valence-electron chi connectivity index (χ0n) is 21.3. The number of aliphatic imine (C=N–C) groups is 1. The van der Waals surface area contributed by atoms with E-state index in [-0.39, 0.29) is 10.5 Å². The number of aryl methyl sites for hydroxylation is 2. The largest absolute Gasteiger partial charge is 0.493 e. The smallest absolute Gasteiger partial charge is 0.335 e. The molecule has 0 saturated heterocycles. The summed E-state index contributed by atoms with van der Waals surface area (Å²) in [5, 5.41) is 12.6. The molecular weight excluding hydrogens is 596 g/mol. The summed E-state index contributed by atoms with van der Waals surface area (Å²) in [4.78, 5) is 31.5. The van der Waals surface area contributed by atoms with Crippen LogP contribution in [0.5, 0.6) is 5.88 Å². The van der Waals surface area contributed by atoms with Gasteiger partial charge in [0.25, 0.3) is 15.6 Å². The summed E-state index contributed by atoms with van der Waals surface area (Å²) >= 11 is 3.41. The summed E-state index contributed by atoms with van der Waals surface area (Å²) in [6.07, 6.45) is 1.12. The van der Waals surface area contributed by atoms with Gasteiger partial charge in [0, 0.05) is 16.1 Å². The zero-order valence-corrected chi connectivity index (χ0v) is 23.7. The highest BCUT2D eigenvalue weighted by atomic mass is 79.9. The SMILES string of the molecule is Cc1cc(Br)c(-n2c(O)c(C=Nc3ccc(S(=O)(=O)Nc4cccc5ccccc45)cc3)c(=O)[nH]c2=O)cc1C. The normalized spacial score (nSPS) is 11.8. The molecule has 9 nitrogen and oxygen atoms in total. The highest BCUT2D eigenvalue weighted by molar-refractivity contribution is 9.10. The Balaban J connectivity index is 1.44. The van der Waals surface area contributed by atoms with Gasteiger partial charge in [0.1, 0.15) is 5.56 Å².